The molecule has 1 saturated heterocycles. The molecule has 1 heterocycles. The zero-order valence-electron chi connectivity index (χ0n) is 10.2. The van der Waals surface area contributed by atoms with Crippen molar-refractivity contribution in [2.75, 3.05) is 6.61 Å². The first-order valence-electron chi connectivity index (χ1n) is 6.01. The Labute approximate surface area is 111 Å². The standard InChI is InChI=1S/C13H17ClN2O2/c1-8(15)13(17)16-11-6-7-18-12(11)9-2-4-10(14)5-3-9/h2-5,8,11-12H,6-7,15H2,1H3,(H,16,17)/t8-,11?,12?/m1/s1. The molecule has 2 unspecified atom stereocenters. The second-order valence-electron chi connectivity index (χ2n) is 4.54. The van der Waals surface area contributed by atoms with Crippen LogP contribution in [-0.4, -0.2) is 24.6 Å². The summed E-state index contributed by atoms with van der Waals surface area (Å²) in [6.45, 7) is 2.31. The Morgan fingerprint density at radius 2 is 2.17 bits per heavy atom. The van der Waals surface area contributed by atoms with Crippen LogP contribution < -0.4 is 11.1 Å². The molecule has 5 heteroatoms. The number of carbonyl (C=O) groups is 1. The van der Waals surface area contributed by atoms with Crippen molar-refractivity contribution in [3.63, 3.8) is 0 Å². The molecule has 0 spiro atoms. The van der Waals surface area contributed by atoms with Gasteiger partial charge >= 0.3 is 0 Å². The van der Waals surface area contributed by atoms with Gasteiger partial charge in [0.05, 0.1) is 12.1 Å². The zero-order valence-corrected chi connectivity index (χ0v) is 11.0. The van der Waals surface area contributed by atoms with E-state index in [9.17, 15) is 4.79 Å². The van der Waals surface area contributed by atoms with Gasteiger partial charge < -0.3 is 15.8 Å². The minimum absolute atomic E-state index is 0.0234. The van der Waals surface area contributed by atoms with Gasteiger partial charge in [-0.05, 0) is 31.0 Å². The lowest BCUT2D eigenvalue weighted by atomic mass is 10.0. The number of nitrogens with one attached hydrogen (secondary N) is 1. The minimum atomic E-state index is -0.503. The molecule has 4 nitrogen and oxygen atoms in total. The quantitative estimate of drug-likeness (QED) is 0.876. The van der Waals surface area contributed by atoms with Crippen molar-refractivity contribution in [3.05, 3.63) is 34.9 Å². The smallest absolute Gasteiger partial charge is 0.236 e. The predicted octanol–water partition coefficient (Wildman–Crippen LogP) is 1.63. The molecular formula is C13H17ClN2O2. The summed E-state index contributed by atoms with van der Waals surface area (Å²) in [4.78, 5) is 11.6. The summed E-state index contributed by atoms with van der Waals surface area (Å²) in [5, 5.41) is 3.61. The molecule has 98 valence electrons. The molecule has 0 radical (unpaired) electrons. The third kappa shape index (κ3) is 3.02. The van der Waals surface area contributed by atoms with E-state index in [-0.39, 0.29) is 18.1 Å². The van der Waals surface area contributed by atoms with Crippen molar-refractivity contribution < 1.29 is 9.53 Å². The second-order valence-corrected chi connectivity index (χ2v) is 4.97. The van der Waals surface area contributed by atoms with E-state index in [0.717, 1.165) is 12.0 Å². The number of ether oxygens (including phenoxy) is 1. The summed E-state index contributed by atoms with van der Waals surface area (Å²) >= 11 is 5.85. The first-order chi connectivity index (χ1) is 8.58. The SMILES string of the molecule is C[C@@H](N)C(=O)NC1CCOC1c1ccc(Cl)cc1. The van der Waals surface area contributed by atoms with Crippen molar-refractivity contribution in [1.82, 2.24) is 5.32 Å². The lowest BCUT2D eigenvalue weighted by molar-refractivity contribution is -0.123. The molecule has 1 aliphatic heterocycles. The van der Waals surface area contributed by atoms with Gasteiger partial charge in [0.25, 0.3) is 0 Å². The largest absolute Gasteiger partial charge is 0.371 e. The molecule has 1 fully saturated rings. The molecule has 1 amide bonds. The first-order valence-corrected chi connectivity index (χ1v) is 6.39. The Kier molecular flexibility index (Phi) is 4.22. The van der Waals surface area contributed by atoms with E-state index in [0.29, 0.717) is 11.6 Å². The van der Waals surface area contributed by atoms with E-state index in [1.807, 2.05) is 24.3 Å². The van der Waals surface area contributed by atoms with Crippen molar-refractivity contribution in [1.29, 1.82) is 0 Å². The fourth-order valence-electron chi connectivity index (χ4n) is 2.03. The Morgan fingerprint density at radius 3 is 2.78 bits per heavy atom. The zero-order chi connectivity index (χ0) is 13.1. The predicted molar refractivity (Wildman–Crippen MR) is 70.3 cm³/mol. The van der Waals surface area contributed by atoms with Crippen LogP contribution in [-0.2, 0) is 9.53 Å². The Hall–Kier alpha value is -1.10. The molecule has 1 aromatic rings. The van der Waals surface area contributed by atoms with E-state index in [1.165, 1.54) is 0 Å². The Bertz CT molecular complexity index is 420. The summed E-state index contributed by atoms with van der Waals surface area (Å²) in [5.74, 6) is -0.149. The van der Waals surface area contributed by atoms with E-state index in [2.05, 4.69) is 5.32 Å². The van der Waals surface area contributed by atoms with Gasteiger partial charge in [-0.3, -0.25) is 4.79 Å². The third-order valence-corrected chi connectivity index (χ3v) is 3.28. The van der Waals surface area contributed by atoms with Gasteiger partial charge in [-0.1, -0.05) is 23.7 Å². The molecule has 18 heavy (non-hydrogen) atoms. The average Bonchev–Trinajstić information content (AvgIpc) is 2.78. The van der Waals surface area contributed by atoms with Crippen molar-refractivity contribution in [3.8, 4) is 0 Å². The van der Waals surface area contributed by atoms with Crippen LogP contribution in [0.2, 0.25) is 5.02 Å². The lowest BCUT2D eigenvalue weighted by Crippen LogP contribution is -2.44. The molecule has 1 aromatic carbocycles. The molecule has 1 aliphatic rings. The van der Waals surface area contributed by atoms with Crippen LogP contribution in [0.25, 0.3) is 0 Å². The van der Waals surface area contributed by atoms with Crippen molar-refractivity contribution in [2.45, 2.75) is 31.5 Å². The van der Waals surface area contributed by atoms with Crippen LogP contribution in [0, 0.1) is 0 Å². The van der Waals surface area contributed by atoms with E-state index in [1.54, 1.807) is 6.92 Å². The van der Waals surface area contributed by atoms with Crippen molar-refractivity contribution in [2.24, 2.45) is 5.73 Å². The van der Waals surface area contributed by atoms with Gasteiger partial charge in [0.15, 0.2) is 0 Å². The highest BCUT2D eigenvalue weighted by molar-refractivity contribution is 6.30. The summed E-state index contributed by atoms with van der Waals surface area (Å²) in [6, 6.07) is 6.96. The van der Waals surface area contributed by atoms with Gasteiger partial charge in [0.2, 0.25) is 5.91 Å². The van der Waals surface area contributed by atoms with Crippen LogP contribution in [0.1, 0.15) is 25.0 Å². The monoisotopic (exact) mass is 268 g/mol. The van der Waals surface area contributed by atoms with Gasteiger partial charge in [-0.2, -0.15) is 0 Å². The number of benzene rings is 1. The van der Waals surface area contributed by atoms with Gasteiger partial charge in [-0.25, -0.2) is 0 Å². The normalized spacial score (nSPS) is 24.8. The summed E-state index contributed by atoms with van der Waals surface area (Å²) in [7, 11) is 0. The number of carbonyl (C=O) groups excluding carboxylic acids is 1. The molecule has 0 aromatic heterocycles. The van der Waals surface area contributed by atoms with Gasteiger partial charge in [-0.15, -0.1) is 0 Å². The minimum Gasteiger partial charge on any atom is -0.371 e. The highest BCUT2D eigenvalue weighted by Gasteiger charge is 2.31. The fraction of sp³-hybridized carbons (Fsp3) is 0.462. The van der Waals surface area contributed by atoms with Crippen molar-refractivity contribution >= 4 is 17.5 Å². The Morgan fingerprint density at radius 1 is 1.50 bits per heavy atom. The maximum atomic E-state index is 11.6. The summed E-state index contributed by atoms with van der Waals surface area (Å²) < 4.78 is 5.67. The first kappa shape index (κ1) is 13.3. The number of nitrogens with two attached hydrogens (primary N) is 1. The number of halogens is 1. The average molecular weight is 269 g/mol. The van der Waals surface area contributed by atoms with Gasteiger partial charge in [0.1, 0.15) is 6.10 Å². The molecular weight excluding hydrogens is 252 g/mol. The van der Waals surface area contributed by atoms with Crippen LogP contribution in [0.15, 0.2) is 24.3 Å². The van der Waals surface area contributed by atoms with Gasteiger partial charge in [0, 0.05) is 11.6 Å². The van der Waals surface area contributed by atoms with Crippen LogP contribution in [0.5, 0.6) is 0 Å². The maximum absolute atomic E-state index is 11.6. The number of rotatable bonds is 3. The molecule has 2 rings (SSSR count). The van der Waals surface area contributed by atoms with E-state index >= 15 is 0 Å². The highest BCUT2D eigenvalue weighted by atomic mass is 35.5. The number of amides is 1. The highest BCUT2D eigenvalue weighted by Crippen LogP contribution is 2.29. The van der Waals surface area contributed by atoms with E-state index in [4.69, 9.17) is 22.1 Å². The van der Waals surface area contributed by atoms with E-state index < -0.39 is 6.04 Å². The van der Waals surface area contributed by atoms with Crippen LogP contribution in [0.3, 0.4) is 0 Å². The maximum Gasteiger partial charge on any atom is 0.236 e. The number of hydrogen-bond donors (Lipinski definition) is 2. The molecule has 3 N–H and O–H groups in total. The topological polar surface area (TPSA) is 64.4 Å². The lowest BCUT2D eigenvalue weighted by Gasteiger charge is -2.21. The molecule has 3 atom stereocenters. The molecule has 0 bridgehead atoms. The summed E-state index contributed by atoms with van der Waals surface area (Å²) in [5.41, 5.74) is 6.57. The van der Waals surface area contributed by atoms with Crippen LogP contribution in [0.4, 0.5) is 0 Å². The fourth-order valence-corrected chi connectivity index (χ4v) is 2.16. The Balaban J connectivity index is 2.07. The van der Waals surface area contributed by atoms with Crippen LogP contribution >= 0.6 is 11.6 Å². The summed E-state index contributed by atoms with van der Waals surface area (Å²) in [6.07, 6.45) is 0.677. The number of hydrogen-bond acceptors (Lipinski definition) is 3. The molecule has 0 aliphatic carbocycles. The third-order valence-electron chi connectivity index (χ3n) is 3.03. The second kappa shape index (κ2) is 5.69. The molecule has 0 saturated carbocycles.